The van der Waals surface area contributed by atoms with Gasteiger partial charge in [0.2, 0.25) is 5.91 Å². The van der Waals surface area contributed by atoms with Crippen LogP contribution in [0.5, 0.6) is 0 Å². The highest BCUT2D eigenvalue weighted by atomic mass is 35.5. The molecule has 3 heterocycles. The number of nitrogens with zero attached hydrogens (tertiary/aromatic N) is 6. The molecule has 1 saturated heterocycles. The molecule has 4 rings (SSSR count). The molecule has 0 saturated carbocycles. The Hall–Kier alpha value is -3.20. The maximum Gasteiger partial charge on any atom is 0.306 e. The molecule has 30 heavy (non-hydrogen) atoms. The fourth-order valence-corrected chi connectivity index (χ4v) is 3.70. The summed E-state index contributed by atoms with van der Waals surface area (Å²) in [4.78, 5) is 36.3. The van der Waals surface area contributed by atoms with Crippen LogP contribution >= 0.6 is 11.6 Å². The van der Waals surface area contributed by atoms with E-state index in [1.165, 1.54) is 13.4 Å². The van der Waals surface area contributed by atoms with Crippen molar-refractivity contribution in [2.75, 3.05) is 38.2 Å². The summed E-state index contributed by atoms with van der Waals surface area (Å²) in [6.07, 6.45) is 3.54. The second kappa shape index (κ2) is 8.66. The number of ether oxygens (including phenoxy) is 1. The Morgan fingerprint density at radius 3 is 2.67 bits per heavy atom. The number of carbonyl (C=O) groups is 2. The molecule has 1 fully saturated rings. The van der Waals surface area contributed by atoms with Gasteiger partial charge < -0.3 is 14.5 Å². The molecule has 0 radical (unpaired) electrons. The van der Waals surface area contributed by atoms with Gasteiger partial charge in [0.25, 0.3) is 0 Å². The van der Waals surface area contributed by atoms with E-state index >= 15 is 0 Å². The molecule has 9 nitrogen and oxygen atoms in total. The lowest BCUT2D eigenvalue weighted by Gasteiger charge is -2.35. The van der Waals surface area contributed by atoms with Gasteiger partial charge in [-0.2, -0.15) is 5.10 Å². The van der Waals surface area contributed by atoms with Crippen LogP contribution in [0, 0.1) is 0 Å². The topological polar surface area (TPSA) is 93.5 Å². The monoisotopic (exact) mass is 428 g/mol. The third kappa shape index (κ3) is 4.06. The van der Waals surface area contributed by atoms with E-state index < -0.39 is 0 Å². The van der Waals surface area contributed by atoms with E-state index in [4.69, 9.17) is 11.6 Å². The summed E-state index contributed by atoms with van der Waals surface area (Å²) in [7, 11) is 1.32. The zero-order chi connectivity index (χ0) is 21.1. The SMILES string of the molecule is COC(=O)CCC(=O)N1CCN(c2ncnc3c2cnn3-c2cccc(Cl)c2)CC1. The molecule has 3 aromatic rings. The van der Waals surface area contributed by atoms with Gasteiger partial charge in [-0.15, -0.1) is 0 Å². The van der Waals surface area contributed by atoms with Gasteiger partial charge in [0.1, 0.15) is 12.1 Å². The van der Waals surface area contributed by atoms with Crippen molar-refractivity contribution in [3.63, 3.8) is 0 Å². The van der Waals surface area contributed by atoms with Crippen molar-refractivity contribution in [1.29, 1.82) is 0 Å². The number of fused-ring (bicyclic) bond motifs is 1. The van der Waals surface area contributed by atoms with Crippen molar-refractivity contribution >= 4 is 40.3 Å². The van der Waals surface area contributed by atoms with E-state index in [0.717, 1.165) is 16.9 Å². The van der Waals surface area contributed by atoms with Gasteiger partial charge in [-0.25, -0.2) is 14.6 Å². The highest BCUT2D eigenvalue weighted by Gasteiger charge is 2.24. The summed E-state index contributed by atoms with van der Waals surface area (Å²) in [5.74, 6) is 0.374. The molecule has 1 aromatic carbocycles. The first-order chi connectivity index (χ1) is 14.6. The van der Waals surface area contributed by atoms with Gasteiger partial charge in [0, 0.05) is 37.6 Å². The number of carbonyl (C=O) groups excluding carboxylic acids is 2. The van der Waals surface area contributed by atoms with Crippen LogP contribution in [0.3, 0.4) is 0 Å². The van der Waals surface area contributed by atoms with Gasteiger partial charge in [0.15, 0.2) is 5.65 Å². The number of hydrogen-bond donors (Lipinski definition) is 0. The first-order valence-electron chi connectivity index (χ1n) is 9.61. The summed E-state index contributed by atoms with van der Waals surface area (Å²) < 4.78 is 6.33. The van der Waals surface area contributed by atoms with Crippen LogP contribution < -0.4 is 4.90 Å². The lowest BCUT2D eigenvalue weighted by molar-refractivity contribution is -0.143. The third-order valence-corrected chi connectivity index (χ3v) is 5.34. The second-order valence-corrected chi connectivity index (χ2v) is 7.35. The molecule has 1 aliphatic heterocycles. The van der Waals surface area contributed by atoms with E-state index in [1.807, 2.05) is 24.3 Å². The van der Waals surface area contributed by atoms with Crippen molar-refractivity contribution in [1.82, 2.24) is 24.6 Å². The first-order valence-corrected chi connectivity index (χ1v) is 9.99. The molecule has 0 N–H and O–H groups in total. The Kier molecular flexibility index (Phi) is 5.80. The number of hydrogen-bond acceptors (Lipinski definition) is 7. The van der Waals surface area contributed by atoms with Crippen LogP contribution in [-0.4, -0.2) is 69.8 Å². The summed E-state index contributed by atoms with van der Waals surface area (Å²) in [6.45, 7) is 2.40. The number of esters is 1. The van der Waals surface area contributed by atoms with Crippen LogP contribution in [0.2, 0.25) is 5.02 Å². The predicted octanol–water partition coefficient (Wildman–Crippen LogP) is 2.07. The van der Waals surface area contributed by atoms with Crippen LogP contribution in [0.4, 0.5) is 5.82 Å². The Morgan fingerprint density at radius 2 is 1.93 bits per heavy atom. The van der Waals surface area contributed by atoms with Crippen molar-refractivity contribution in [2.24, 2.45) is 0 Å². The zero-order valence-corrected chi connectivity index (χ0v) is 17.2. The van der Waals surface area contributed by atoms with Crippen molar-refractivity contribution in [2.45, 2.75) is 12.8 Å². The molecule has 156 valence electrons. The molecular formula is C20H21ClN6O3. The van der Waals surface area contributed by atoms with Crippen LogP contribution in [-0.2, 0) is 14.3 Å². The minimum atomic E-state index is -0.373. The fourth-order valence-electron chi connectivity index (χ4n) is 3.52. The summed E-state index contributed by atoms with van der Waals surface area (Å²) in [5.41, 5.74) is 1.52. The van der Waals surface area contributed by atoms with Gasteiger partial charge in [-0.05, 0) is 18.2 Å². The summed E-state index contributed by atoms with van der Waals surface area (Å²) >= 11 is 6.11. The van der Waals surface area contributed by atoms with E-state index in [-0.39, 0.29) is 24.7 Å². The normalized spacial score (nSPS) is 14.2. The molecule has 0 bridgehead atoms. The Bertz CT molecular complexity index is 1080. The van der Waals surface area contributed by atoms with Crippen molar-refractivity contribution in [3.05, 3.63) is 41.8 Å². The standard InChI is InChI=1S/C20H21ClN6O3/c1-30-18(29)6-5-17(28)25-7-9-26(10-8-25)19-16-12-24-27(20(16)23-13-22-19)15-4-2-3-14(21)11-15/h2-4,11-13H,5-10H2,1H3. The number of halogens is 1. The molecule has 0 aliphatic carbocycles. The molecule has 10 heteroatoms. The van der Waals surface area contributed by atoms with Crippen LogP contribution in [0.25, 0.3) is 16.7 Å². The lowest BCUT2D eigenvalue weighted by atomic mass is 10.2. The average Bonchev–Trinajstić information content (AvgIpc) is 3.21. The van der Waals surface area contributed by atoms with E-state index in [0.29, 0.717) is 36.8 Å². The largest absolute Gasteiger partial charge is 0.469 e. The maximum atomic E-state index is 12.3. The quantitative estimate of drug-likeness (QED) is 0.574. The highest BCUT2D eigenvalue weighted by Crippen LogP contribution is 2.26. The van der Waals surface area contributed by atoms with Crippen LogP contribution in [0.1, 0.15) is 12.8 Å². The average molecular weight is 429 g/mol. The van der Waals surface area contributed by atoms with E-state index in [9.17, 15) is 9.59 Å². The molecule has 1 amide bonds. The number of benzene rings is 1. The molecular weight excluding hydrogens is 408 g/mol. The number of anilines is 1. The smallest absolute Gasteiger partial charge is 0.306 e. The number of piperazine rings is 1. The maximum absolute atomic E-state index is 12.3. The Balaban J connectivity index is 1.49. The van der Waals surface area contributed by atoms with Crippen molar-refractivity contribution in [3.8, 4) is 5.69 Å². The minimum absolute atomic E-state index is 0.0401. The lowest BCUT2D eigenvalue weighted by Crippen LogP contribution is -2.49. The van der Waals surface area contributed by atoms with Gasteiger partial charge in [-0.1, -0.05) is 17.7 Å². The highest BCUT2D eigenvalue weighted by molar-refractivity contribution is 6.30. The minimum Gasteiger partial charge on any atom is -0.469 e. The molecule has 0 atom stereocenters. The summed E-state index contributed by atoms with van der Waals surface area (Å²) in [6, 6.07) is 7.42. The predicted molar refractivity (Wildman–Crippen MR) is 112 cm³/mol. The van der Waals surface area contributed by atoms with Gasteiger partial charge in [-0.3, -0.25) is 9.59 Å². The second-order valence-electron chi connectivity index (χ2n) is 6.91. The van der Waals surface area contributed by atoms with E-state index in [2.05, 4.69) is 24.7 Å². The summed E-state index contributed by atoms with van der Waals surface area (Å²) in [5, 5.41) is 5.93. The van der Waals surface area contributed by atoms with Gasteiger partial charge in [0.05, 0.1) is 30.8 Å². The fraction of sp³-hybridized carbons (Fsp3) is 0.350. The molecule has 1 aliphatic rings. The molecule has 2 aromatic heterocycles. The number of amides is 1. The Labute approximate surface area is 178 Å². The third-order valence-electron chi connectivity index (χ3n) is 5.10. The molecule has 0 spiro atoms. The molecule has 0 unspecified atom stereocenters. The Morgan fingerprint density at radius 1 is 1.13 bits per heavy atom. The van der Waals surface area contributed by atoms with Gasteiger partial charge >= 0.3 is 5.97 Å². The first kappa shape index (κ1) is 20.1. The van der Waals surface area contributed by atoms with Crippen LogP contribution in [0.15, 0.2) is 36.8 Å². The van der Waals surface area contributed by atoms with Crippen molar-refractivity contribution < 1.29 is 14.3 Å². The van der Waals surface area contributed by atoms with E-state index in [1.54, 1.807) is 15.8 Å². The number of rotatable bonds is 5. The number of aromatic nitrogens is 4. The number of methoxy groups -OCH3 is 1. The zero-order valence-electron chi connectivity index (χ0n) is 16.5.